The number of Topliss-reactive ketones (excluding diaryl/α,β-unsaturated/α-hetero) is 1. The maximum absolute atomic E-state index is 13.0. The predicted molar refractivity (Wildman–Crippen MR) is 145 cm³/mol. The molecule has 0 fully saturated rings. The number of ketones is 1. The Balaban J connectivity index is 2.21. The van der Waals surface area contributed by atoms with Crippen LogP contribution >= 0.6 is 35.4 Å². The first kappa shape index (κ1) is 27.8. The van der Waals surface area contributed by atoms with Crippen molar-refractivity contribution in [3.8, 4) is 0 Å². The van der Waals surface area contributed by atoms with Crippen molar-refractivity contribution in [3.05, 3.63) is 76.5 Å². The maximum atomic E-state index is 13.0. The fourth-order valence-electron chi connectivity index (χ4n) is 3.88. The van der Waals surface area contributed by atoms with Crippen molar-refractivity contribution in [1.29, 1.82) is 0 Å². The summed E-state index contributed by atoms with van der Waals surface area (Å²) in [6.45, 7) is 1.85. The van der Waals surface area contributed by atoms with E-state index in [1.54, 1.807) is 29.3 Å². The lowest BCUT2D eigenvalue weighted by atomic mass is 9.78. The number of nitrogens with zero attached hydrogens (tertiary/aromatic N) is 1. The fourth-order valence-corrected chi connectivity index (χ4v) is 4.65. The third kappa shape index (κ3) is 8.42. The normalized spacial score (nSPS) is 12.8. The van der Waals surface area contributed by atoms with E-state index in [0.29, 0.717) is 46.4 Å². The lowest BCUT2D eigenvalue weighted by Gasteiger charge is -2.28. The van der Waals surface area contributed by atoms with E-state index in [9.17, 15) is 9.59 Å². The number of benzene rings is 2. The van der Waals surface area contributed by atoms with Gasteiger partial charge in [0.2, 0.25) is 5.91 Å². The van der Waals surface area contributed by atoms with Crippen LogP contribution in [0.5, 0.6) is 0 Å². The van der Waals surface area contributed by atoms with Crippen LogP contribution in [-0.4, -0.2) is 28.6 Å². The molecule has 0 aliphatic heterocycles. The second-order valence-corrected chi connectivity index (χ2v) is 9.40. The molecule has 2 unspecified atom stereocenters. The lowest BCUT2D eigenvalue weighted by Crippen LogP contribution is -2.31. The first-order valence-corrected chi connectivity index (χ1v) is 12.4. The number of halogens is 2. The zero-order chi connectivity index (χ0) is 25.1. The van der Waals surface area contributed by atoms with E-state index >= 15 is 0 Å². The van der Waals surface area contributed by atoms with Gasteiger partial charge in [0.15, 0.2) is 0 Å². The smallest absolute Gasteiger partial charge is 0.224 e. The number of para-hydroxylation sites is 1. The van der Waals surface area contributed by atoms with Crippen molar-refractivity contribution in [2.45, 2.75) is 39.0 Å². The molecule has 0 aromatic heterocycles. The lowest BCUT2D eigenvalue weighted by molar-refractivity contribution is -0.124. The van der Waals surface area contributed by atoms with Crippen LogP contribution < -0.4 is 11.1 Å². The molecule has 0 saturated heterocycles. The highest BCUT2D eigenvalue weighted by Crippen LogP contribution is 2.31. The molecule has 0 aliphatic carbocycles. The van der Waals surface area contributed by atoms with Gasteiger partial charge in [-0.3, -0.25) is 9.59 Å². The van der Waals surface area contributed by atoms with Crippen LogP contribution in [-0.2, 0) is 16.0 Å². The first-order chi connectivity index (χ1) is 16.3. The molecule has 0 saturated carbocycles. The Labute approximate surface area is 217 Å². The summed E-state index contributed by atoms with van der Waals surface area (Å²) < 4.78 is 0. The molecule has 182 valence electrons. The Hall–Kier alpha value is -2.41. The summed E-state index contributed by atoms with van der Waals surface area (Å²) in [5.74, 6) is -0.518. The van der Waals surface area contributed by atoms with E-state index in [4.69, 9.17) is 41.2 Å². The van der Waals surface area contributed by atoms with E-state index in [1.165, 1.54) is 6.20 Å². The monoisotopic (exact) mass is 519 g/mol. The molecule has 5 nitrogen and oxygen atoms in total. The summed E-state index contributed by atoms with van der Waals surface area (Å²) in [7, 11) is 1.84. The van der Waals surface area contributed by atoms with E-state index in [1.807, 2.05) is 44.3 Å². The van der Waals surface area contributed by atoms with Gasteiger partial charge in [-0.2, -0.15) is 0 Å². The van der Waals surface area contributed by atoms with Gasteiger partial charge < -0.3 is 16.0 Å². The third-order valence-electron chi connectivity index (χ3n) is 5.72. The molecule has 2 aromatic rings. The summed E-state index contributed by atoms with van der Waals surface area (Å²) in [6.07, 6.45) is 5.27. The molecule has 0 aliphatic rings. The van der Waals surface area contributed by atoms with Gasteiger partial charge in [-0.1, -0.05) is 78.7 Å². The summed E-state index contributed by atoms with van der Waals surface area (Å²) in [5.41, 5.74) is 7.02. The number of carbonyl (C=O) groups is 2. The molecular weight excluding hydrogens is 489 g/mol. The summed E-state index contributed by atoms with van der Waals surface area (Å²) in [4.78, 5) is 28.2. The van der Waals surface area contributed by atoms with Crippen molar-refractivity contribution < 1.29 is 9.59 Å². The number of amides is 1. The van der Waals surface area contributed by atoms with Gasteiger partial charge in [0, 0.05) is 44.6 Å². The van der Waals surface area contributed by atoms with Crippen molar-refractivity contribution >= 4 is 57.8 Å². The number of rotatable bonds is 12. The average Bonchev–Trinajstić information content (AvgIpc) is 2.82. The predicted octanol–water partition coefficient (Wildman–Crippen LogP) is 6.25. The van der Waals surface area contributed by atoms with Gasteiger partial charge in [0.05, 0.1) is 20.7 Å². The second-order valence-electron chi connectivity index (χ2n) is 8.11. The van der Waals surface area contributed by atoms with Crippen LogP contribution in [0.3, 0.4) is 0 Å². The first-order valence-electron chi connectivity index (χ1n) is 11.2. The molecule has 2 aromatic carbocycles. The van der Waals surface area contributed by atoms with E-state index < -0.39 is 0 Å². The number of nitrogens with two attached hydrogens (primary N) is 1. The van der Waals surface area contributed by atoms with Gasteiger partial charge in [0.25, 0.3) is 0 Å². The molecule has 8 heteroatoms. The molecule has 2 atom stereocenters. The molecule has 0 radical (unpaired) electrons. The highest BCUT2D eigenvalue weighted by molar-refractivity contribution is 7.80. The Kier molecular flexibility index (Phi) is 11.5. The second kappa shape index (κ2) is 14.1. The zero-order valence-electron chi connectivity index (χ0n) is 19.5. The maximum Gasteiger partial charge on any atom is 0.224 e. The topological polar surface area (TPSA) is 75.4 Å². The van der Waals surface area contributed by atoms with Crippen LogP contribution in [0.1, 0.15) is 38.2 Å². The highest BCUT2D eigenvalue weighted by Gasteiger charge is 2.29. The molecule has 2 rings (SSSR count). The minimum absolute atomic E-state index is 0.0623. The van der Waals surface area contributed by atoms with E-state index in [2.05, 4.69) is 5.32 Å². The number of nitrogens with one attached hydrogen (secondary N) is 1. The van der Waals surface area contributed by atoms with Gasteiger partial charge in [-0.25, -0.2) is 0 Å². The fraction of sp³-hybridized carbons (Fsp3) is 0.346. The third-order valence-corrected chi connectivity index (χ3v) is 6.81. The molecule has 0 heterocycles. The minimum Gasteiger partial charge on any atom is -0.403 e. The van der Waals surface area contributed by atoms with Gasteiger partial charge >= 0.3 is 0 Å². The number of anilines is 1. The van der Waals surface area contributed by atoms with Crippen molar-refractivity contribution in [2.75, 3.05) is 12.4 Å². The summed E-state index contributed by atoms with van der Waals surface area (Å²) in [6, 6.07) is 15.0. The summed E-state index contributed by atoms with van der Waals surface area (Å²) in [5, 5.41) is 3.52. The minimum atomic E-state index is -0.328. The Morgan fingerprint density at radius 2 is 1.76 bits per heavy atom. The Morgan fingerprint density at radius 1 is 1.12 bits per heavy atom. The van der Waals surface area contributed by atoms with Crippen LogP contribution in [0.2, 0.25) is 10.0 Å². The summed E-state index contributed by atoms with van der Waals surface area (Å²) >= 11 is 18.0. The highest BCUT2D eigenvalue weighted by atomic mass is 35.5. The molecular formula is C26H31Cl2N3O2S. The SMILES string of the molecule is CCC(=O)C(CCC(=O)Nc1c(Cl)cccc1Cl)C(CC(=S)N(C)/C=C\N)Cc1ccccc1. The number of hydrogen-bond acceptors (Lipinski definition) is 4. The average molecular weight is 521 g/mol. The van der Waals surface area contributed by atoms with Crippen molar-refractivity contribution in [1.82, 2.24) is 4.90 Å². The van der Waals surface area contributed by atoms with Crippen molar-refractivity contribution in [2.24, 2.45) is 17.6 Å². The van der Waals surface area contributed by atoms with Crippen LogP contribution in [0.15, 0.2) is 60.9 Å². The number of carbonyl (C=O) groups excluding carboxylic acids is 2. The number of hydrogen-bond donors (Lipinski definition) is 2. The van der Waals surface area contributed by atoms with E-state index in [0.717, 1.165) is 5.56 Å². The van der Waals surface area contributed by atoms with Gasteiger partial charge in [0.1, 0.15) is 5.78 Å². The van der Waals surface area contributed by atoms with Gasteiger partial charge in [-0.15, -0.1) is 0 Å². The van der Waals surface area contributed by atoms with Crippen LogP contribution in [0.4, 0.5) is 5.69 Å². The van der Waals surface area contributed by atoms with Crippen molar-refractivity contribution in [3.63, 3.8) is 0 Å². The van der Waals surface area contributed by atoms with Gasteiger partial charge in [-0.05, 0) is 36.5 Å². The number of thiocarbonyl (C=S) groups is 1. The molecule has 34 heavy (non-hydrogen) atoms. The van der Waals surface area contributed by atoms with Crippen LogP contribution in [0.25, 0.3) is 0 Å². The van der Waals surface area contributed by atoms with Crippen LogP contribution in [0, 0.1) is 11.8 Å². The molecule has 0 bridgehead atoms. The molecule has 3 N–H and O–H groups in total. The van der Waals surface area contributed by atoms with E-state index in [-0.39, 0.29) is 29.9 Å². The Morgan fingerprint density at radius 3 is 2.35 bits per heavy atom. The zero-order valence-corrected chi connectivity index (χ0v) is 21.8. The quantitative estimate of drug-likeness (QED) is 0.324. The standard InChI is InChI=1S/C26H31Cl2N3O2S/c1-3-23(32)20(12-13-24(33)30-26-21(27)10-7-11-22(26)28)19(16-18-8-5-4-6-9-18)17-25(34)31(2)15-14-29/h4-11,14-15,19-20H,3,12-13,16-17,29H2,1-2H3,(H,30,33)/b15-14-. The molecule has 1 amide bonds. The molecule has 0 spiro atoms. The largest absolute Gasteiger partial charge is 0.403 e. The Bertz CT molecular complexity index is 994.